The van der Waals surface area contributed by atoms with Crippen LogP contribution < -0.4 is 15.4 Å². The molecule has 0 unspecified atom stereocenters. The largest absolute Gasteiger partial charge is 0.497 e. The van der Waals surface area contributed by atoms with Crippen LogP contribution in [-0.2, 0) is 15.9 Å². The molecule has 30 heavy (non-hydrogen) atoms. The number of ether oxygens (including phenoxy) is 3. The molecule has 0 aliphatic heterocycles. The number of carbonyl (C=O) groups is 2. The molecule has 9 heteroatoms. The Morgan fingerprint density at radius 2 is 1.70 bits per heavy atom. The molecule has 2 N–H and O–H groups in total. The summed E-state index contributed by atoms with van der Waals surface area (Å²) in [6, 6.07) is 7.79. The summed E-state index contributed by atoms with van der Waals surface area (Å²) in [6.45, 7) is 6.23. The number of carbonyl (C=O) groups excluding carboxylic acids is 2. The average molecular weight is 451 g/mol. The van der Waals surface area contributed by atoms with Crippen LogP contribution in [0.5, 0.6) is 5.75 Å². The first kappa shape index (κ1) is 23.6. The predicted octanol–water partition coefficient (Wildman–Crippen LogP) is 3.95. The number of thiophene rings is 1. The van der Waals surface area contributed by atoms with Crippen LogP contribution in [0.1, 0.15) is 45.0 Å². The number of rotatable bonds is 9. The molecule has 1 heterocycles. The zero-order valence-corrected chi connectivity index (χ0v) is 19.1. The van der Waals surface area contributed by atoms with Crippen molar-refractivity contribution >= 4 is 45.6 Å². The van der Waals surface area contributed by atoms with Crippen LogP contribution >= 0.6 is 23.6 Å². The van der Waals surface area contributed by atoms with Crippen LogP contribution in [-0.4, -0.2) is 43.9 Å². The molecular formula is C21H26N2O5S2. The molecule has 0 aliphatic carbocycles. The molecule has 0 bridgehead atoms. The Bertz CT molecular complexity index is 894. The van der Waals surface area contributed by atoms with Gasteiger partial charge in [0.1, 0.15) is 15.6 Å². The van der Waals surface area contributed by atoms with Crippen LogP contribution in [0.15, 0.2) is 24.3 Å². The third-order valence-electron chi connectivity index (χ3n) is 4.17. The second-order valence-electron chi connectivity index (χ2n) is 6.18. The summed E-state index contributed by atoms with van der Waals surface area (Å²) in [5.74, 6) is -0.178. The molecule has 0 saturated carbocycles. The first-order chi connectivity index (χ1) is 14.4. The third-order valence-corrected chi connectivity index (χ3v) is 5.61. The van der Waals surface area contributed by atoms with Crippen LogP contribution in [0.4, 0.5) is 5.00 Å². The van der Waals surface area contributed by atoms with Gasteiger partial charge in [0.15, 0.2) is 5.11 Å². The highest BCUT2D eigenvalue weighted by atomic mass is 32.1. The van der Waals surface area contributed by atoms with Crippen LogP contribution in [0.3, 0.4) is 0 Å². The van der Waals surface area contributed by atoms with E-state index in [0.717, 1.165) is 29.1 Å². The van der Waals surface area contributed by atoms with E-state index in [-0.39, 0.29) is 13.2 Å². The second-order valence-corrected chi connectivity index (χ2v) is 7.61. The maximum Gasteiger partial charge on any atom is 0.348 e. The Kier molecular flexibility index (Phi) is 9.07. The number of thiocarbonyl (C=S) groups is 1. The molecule has 2 rings (SSSR count). The van der Waals surface area contributed by atoms with E-state index in [1.165, 1.54) is 0 Å². The molecular weight excluding hydrogens is 424 g/mol. The van der Waals surface area contributed by atoms with Gasteiger partial charge in [-0.05, 0) is 62.7 Å². The van der Waals surface area contributed by atoms with Crippen molar-refractivity contribution in [3.63, 3.8) is 0 Å². The maximum absolute atomic E-state index is 12.4. The number of benzene rings is 1. The van der Waals surface area contributed by atoms with Gasteiger partial charge in [-0.1, -0.05) is 12.1 Å². The first-order valence-electron chi connectivity index (χ1n) is 9.56. The quantitative estimate of drug-likeness (QED) is 0.439. The monoisotopic (exact) mass is 450 g/mol. The van der Waals surface area contributed by atoms with Gasteiger partial charge in [-0.15, -0.1) is 11.3 Å². The van der Waals surface area contributed by atoms with E-state index in [1.807, 2.05) is 24.3 Å². The molecule has 0 spiro atoms. The molecule has 7 nitrogen and oxygen atoms in total. The van der Waals surface area contributed by atoms with Crippen molar-refractivity contribution in [2.75, 3.05) is 32.2 Å². The van der Waals surface area contributed by atoms with Crippen LogP contribution in [0.2, 0.25) is 0 Å². The lowest BCUT2D eigenvalue weighted by Crippen LogP contribution is -2.30. The van der Waals surface area contributed by atoms with Crippen LogP contribution in [0.25, 0.3) is 0 Å². The Labute approximate surface area is 185 Å². The van der Waals surface area contributed by atoms with Crippen molar-refractivity contribution in [1.82, 2.24) is 5.32 Å². The summed E-state index contributed by atoms with van der Waals surface area (Å²) in [5.41, 5.74) is 1.94. The minimum absolute atomic E-state index is 0.229. The summed E-state index contributed by atoms with van der Waals surface area (Å²) in [5, 5.41) is 6.95. The van der Waals surface area contributed by atoms with Gasteiger partial charge in [-0.25, -0.2) is 9.59 Å². The number of esters is 2. The second kappa shape index (κ2) is 11.5. The molecule has 2 aromatic rings. The zero-order chi connectivity index (χ0) is 22.1. The third kappa shape index (κ3) is 6.17. The van der Waals surface area contributed by atoms with Crippen LogP contribution in [0, 0.1) is 6.92 Å². The summed E-state index contributed by atoms with van der Waals surface area (Å²) in [4.78, 5) is 25.0. The number of anilines is 1. The fourth-order valence-electron chi connectivity index (χ4n) is 2.70. The normalized spacial score (nSPS) is 10.3. The Morgan fingerprint density at radius 3 is 2.30 bits per heavy atom. The van der Waals surface area contributed by atoms with Gasteiger partial charge in [0.2, 0.25) is 0 Å². The van der Waals surface area contributed by atoms with Crippen molar-refractivity contribution in [3.05, 3.63) is 45.8 Å². The van der Waals surface area contributed by atoms with E-state index in [2.05, 4.69) is 10.6 Å². The highest BCUT2D eigenvalue weighted by Gasteiger charge is 2.26. The standard InChI is InChI=1S/C21H26N2O5S2/c1-5-27-19(24)16-13(3)17(20(25)28-6-2)30-18(16)23-21(29)22-12-11-14-7-9-15(26-4)10-8-14/h7-10H,5-6,11-12H2,1-4H3,(H2,22,23,29). The Morgan fingerprint density at radius 1 is 1.07 bits per heavy atom. The van der Waals surface area contributed by atoms with Gasteiger partial charge in [0.25, 0.3) is 0 Å². The van der Waals surface area contributed by atoms with Gasteiger partial charge in [0.05, 0.1) is 25.9 Å². The van der Waals surface area contributed by atoms with E-state index in [1.54, 1.807) is 27.9 Å². The molecule has 1 aromatic carbocycles. The Hall–Kier alpha value is -2.65. The lowest BCUT2D eigenvalue weighted by atomic mass is 10.1. The molecule has 1 aromatic heterocycles. The smallest absolute Gasteiger partial charge is 0.348 e. The van der Waals surface area contributed by atoms with E-state index in [0.29, 0.717) is 32.7 Å². The summed E-state index contributed by atoms with van der Waals surface area (Å²) in [7, 11) is 1.63. The maximum atomic E-state index is 12.4. The van der Waals surface area contributed by atoms with Crippen molar-refractivity contribution < 1.29 is 23.8 Å². The lowest BCUT2D eigenvalue weighted by Gasteiger charge is -2.11. The molecule has 162 valence electrons. The molecule has 0 radical (unpaired) electrons. The predicted molar refractivity (Wildman–Crippen MR) is 122 cm³/mol. The molecule has 0 aliphatic rings. The van der Waals surface area contributed by atoms with Gasteiger partial charge in [0, 0.05) is 6.54 Å². The van der Waals surface area contributed by atoms with Crippen molar-refractivity contribution in [2.24, 2.45) is 0 Å². The highest BCUT2D eigenvalue weighted by molar-refractivity contribution is 7.80. The van der Waals surface area contributed by atoms with Gasteiger partial charge >= 0.3 is 11.9 Å². The lowest BCUT2D eigenvalue weighted by molar-refractivity contribution is 0.0527. The van der Waals surface area contributed by atoms with E-state index < -0.39 is 11.9 Å². The van der Waals surface area contributed by atoms with Crippen molar-refractivity contribution in [2.45, 2.75) is 27.2 Å². The first-order valence-corrected chi connectivity index (χ1v) is 10.8. The molecule has 0 fully saturated rings. The van der Waals surface area contributed by atoms with Gasteiger partial charge < -0.3 is 24.8 Å². The van der Waals surface area contributed by atoms with E-state index in [4.69, 9.17) is 26.4 Å². The fraction of sp³-hybridized carbons (Fsp3) is 0.381. The number of hydrogen-bond donors (Lipinski definition) is 2. The van der Waals surface area contributed by atoms with E-state index in [9.17, 15) is 9.59 Å². The number of methoxy groups -OCH3 is 1. The molecule has 0 amide bonds. The molecule has 0 atom stereocenters. The van der Waals surface area contributed by atoms with E-state index >= 15 is 0 Å². The summed E-state index contributed by atoms with van der Waals surface area (Å²) < 4.78 is 15.4. The zero-order valence-electron chi connectivity index (χ0n) is 17.5. The fourth-order valence-corrected chi connectivity index (χ4v) is 4.06. The molecule has 0 saturated heterocycles. The Balaban J connectivity index is 2.07. The minimum Gasteiger partial charge on any atom is -0.497 e. The van der Waals surface area contributed by atoms with Gasteiger partial charge in [-0.3, -0.25) is 0 Å². The number of hydrogen-bond acceptors (Lipinski definition) is 7. The SMILES string of the molecule is CCOC(=O)c1sc(NC(=S)NCCc2ccc(OC)cc2)c(C(=O)OCC)c1C. The summed E-state index contributed by atoms with van der Waals surface area (Å²) in [6.07, 6.45) is 0.758. The highest BCUT2D eigenvalue weighted by Crippen LogP contribution is 2.34. The number of nitrogens with one attached hydrogen (secondary N) is 2. The average Bonchev–Trinajstić information content (AvgIpc) is 3.04. The van der Waals surface area contributed by atoms with Crippen molar-refractivity contribution in [3.8, 4) is 5.75 Å². The summed E-state index contributed by atoms with van der Waals surface area (Å²) >= 11 is 6.49. The van der Waals surface area contributed by atoms with Crippen molar-refractivity contribution in [1.29, 1.82) is 0 Å². The van der Waals surface area contributed by atoms with Gasteiger partial charge in [-0.2, -0.15) is 0 Å². The topological polar surface area (TPSA) is 85.9 Å². The minimum atomic E-state index is -0.509.